The first kappa shape index (κ1) is 18.9. The zero-order chi connectivity index (χ0) is 17.5. The van der Waals surface area contributed by atoms with Crippen LogP contribution in [0.2, 0.25) is 0 Å². The molecule has 3 fully saturated rings. The topological polar surface area (TPSA) is 32.8 Å². The Bertz CT molecular complexity index is 420. The molecule has 0 unspecified atom stereocenters. The van der Waals surface area contributed by atoms with Crippen molar-refractivity contribution in [1.29, 1.82) is 0 Å². The predicted octanol–water partition coefficient (Wildman–Crippen LogP) is 3.61. The van der Waals surface area contributed by atoms with Gasteiger partial charge in [0.25, 0.3) is 0 Å². The second-order valence-electron chi connectivity index (χ2n) is 8.18. The first-order valence-corrected chi connectivity index (χ1v) is 10.5. The summed E-state index contributed by atoms with van der Waals surface area (Å²) in [5, 5.41) is 0. The monoisotopic (exact) mass is 348 g/mol. The summed E-state index contributed by atoms with van der Waals surface area (Å²) in [6.07, 6.45) is 13.8. The molecule has 0 aromatic heterocycles. The maximum Gasteiger partial charge on any atom is 0.222 e. The summed E-state index contributed by atoms with van der Waals surface area (Å²) in [5.74, 6) is 0.945. The van der Waals surface area contributed by atoms with Crippen molar-refractivity contribution in [3.8, 4) is 0 Å². The maximum absolute atomic E-state index is 12.6. The molecule has 1 atom stereocenters. The Labute approximate surface area is 153 Å². The molecule has 0 aromatic carbocycles. The number of ether oxygens (including phenoxy) is 1. The van der Waals surface area contributed by atoms with Crippen LogP contribution in [-0.2, 0) is 9.53 Å². The summed E-state index contributed by atoms with van der Waals surface area (Å²) in [6.45, 7) is 8.78. The molecule has 0 spiro atoms. The quantitative estimate of drug-likeness (QED) is 0.628. The van der Waals surface area contributed by atoms with Crippen molar-refractivity contribution in [2.45, 2.75) is 76.4 Å². The van der Waals surface area contributed by atoms with Crippen LogP contribution in [0.5, 0.6) is 0 Å². The van der Waals surface area contributed by atoms with Gasteiger partial charge < -0.3 is 14.5 Å². The minimum absolute atomic E-state index is 0.256. The van der Waals surface area contributed by atoms with Gasteiger partial charge in [0.2, 0.25) is 5.91 Å². The fourth-order valence-electron chi connectivity index (χ4n) is 4.78. The molecule has 2 saturated heterocycles. The van der Waals surface area contributed by atoms with E-state index in [1.54, 1.807) is 0 Å². The summed E-state index contributed by atoms with van der Waals surface area (Å²) in [7, 11) is 0. The minimum Gasteiger partial charge on any atom is -0.376 e. The molecule has 0 N–H and O–H groups in total. The highest BCUT2D eigenvalue weighted by Gasteiger charge is 2.29. The van der Waals surface area contributed by atoms with Gasteiger partial charge in [-0.25, -0.2) is 0 Å². The van der Waals surface area contributed by atoms with E-state index in [2.05, 4.69) is 16.4 Å². The van der Waals surface area contributed by atoms with Gasteiger partial charge in [-0.15, -0.1) is 6.58 Å². The highest BCUT2D eigenvalue weighted by molar-refractivity contribution is 5.76. The summed E-state index contributed by atoms with van der Waals surface area (Å²) in [4.78, 5) is 17.5. The lowest BCUT2D eigenvalue weighted by atomic mass is 9.94. The molecule has 1 saturated carbocycles. The van der Waals surface area contributed by atoms with Crippen LogP contribution in [-0.4, -0.2) is 60.6 Å². The largest absolute Gasteiger partial charge is 0.376 e. The van der Waals surface area contributed by atoms with E-state index in [-0.39, 0.29) is 12.0 Å². The van der Waals surface area contributed by atoms with E-state index < -0.39 is 0 Å². The van der Waals surface area contributed by atoms with Crippen LogP contribution in [0.25, 0.3) is 0 Å². The highest BCUT2D eigenvalue weighted by atomic mass is 16.5. The molecular weight excluding hydrogens is 312 g/mol. The lowest BCUT2D eigenvalue weighted by molar-refractivity contribution is -0.133. The van der Waals surface area contributed by atoms with E-state index in [1.165, 1.54) is 51.6 Å². The Morgan fingerprint density at radius 3 is 2.48 bits per heavy atom. The Morgan fingerprint density at radius 1 is 1.08 bits per heavy atom. The fourth-order valence-corrected chi connectivity index (χ4v) is 4.78. The number of hydrogen-bond donors (Lipinski definition) is 0. The van der Waals surface area contributed by atoms with Crippen LogP contribution in [0.15, 0.2) is 12.7 Å². The molecule has 142 valence electrons. The second-order valence-corrected chi connectivity index (χ2v) is 8.18. The third-order valence-corrected chi connectivity index (χ3v) is 6.33. The molecule has 2 heterocycles. The zero-order valence-electron chi connectivity index (χ0n) is 15.8. The lowest BCUT2D eigenvalue weighted by Gasteiger charge is -2.38. The van der Waals surface area contributed by atoms with Crippen molar-refractivity contribution < 1.29 is 9.53 Å². The molecule has 2 aliphatic heterocycles. The lowest BCUT2D eigenvalue weighted by Crippen LogP contribution is -2.45. The number of piperidine rings is 1. The number of allylic oxidation sites excluding steroid dienone is 1. The molecule has 0 bridgehead atoms. The molecule has 4 heteroatoms. The normalized spacial score (nSPS) is 26.2. The van der Waals surface area contributed by atoms with Gasteiger partial charge in [-0.2, -0.15) is 0 Å². The Kier molecular flexibility index (Phi) is 7.35. The van der Waals surface area contributed by atoms with Gasteiger partial charge in [0.15, 0.2) is 0 Å². The third kappa shape index (κ3) is 5.55. The number of rotatable bonds is 8. The molecule has 0 aromatic rings. The van der Waals surface area contributed by atoms with Crippen LogP contribution in [0.4, 0.5) is 0 Å². The zero-order valence-corrected chi connectivity index (χ0v) is 15.8. The van der Waals surface area contributed by atoms with Gasteiger partial charge in [0.1, 0.15) is 0 Å². The maximum atomic E-state index is 12.6. The Balaban J connectivity index is 1.48. The average molecular weight is 349 g/mol. The number of hydrogen-bond acceptors (Lipinski definition) is 3. The van der Waals surface area contributed by atoms with E-state index in [9.17, 15) is 4.79 Å². The van der Waals surface area contributed by atoms with Crippen molar-refractivity contribution in [3.63, 3.8) is 0 Å². The van der Waals surface area contributed by atoms with Gasteiger partial charge >= 0.3 is 0 Å². The van der Waals surface area contributed by atoms with Crippen LogP contribution < -0.4 is 0 Å². The highest BCUT2D eigenvalue weighted by Crippen LogP contribution is 2.28. The van der Waals surface area contributed by atoms with E-state index in [0.717, 1.165) is 45.0 Å². The summed E-state index contributed by atoms with van der Waals surface area (Å²) in [6, 6.07) is 0.846. The molecule has 0 radical (unpaired) electrons. The van der Waals surface area contributed by atoms with Gasteiger partial charge in [0.05, 0.1) is 6.10 Å². The number of nitrogens with zero attached hydrogens (tertiary/aromatic N) is 2. The molecular formula is C21H36N2O2. The number of likely N-dealkylation sites (tertiary alicyclic amines) is 1. The third-order valence-electron chi connectivity index (χ3n) is 6.33. The first-order valence-electron chi connectivity index (χ1n) is 10.5. The van der Waals surface area contributed by atoms with E-state index in [1.807, 2.05) is 6.08 Å². The summed E-state index contributed by atoms with van der Waals surface area (Å²) < 4.78 is 5.79. The molecule has 4 nitrogen and oxygen atoms in total. The van der Waals surface area contributed by atoms with Gasteiger partial charge in [0, 0.05) is 32.2 Å². The van der Waals surface area contributed by atoms with Crippen molar-refractivity contribution in [3.05, 3.63) is 12.7 Å². The minimum atomic E-state index is 0.256. The van der Waals surface area contributed by atoms with Crippen LogP contribution >= 0.6 is 0 Å². The van der Waals surface area contributed by atoms with Gasteiger partial charge in [-0.05, 0) is 64.0 Å². The van der Waals surface area contributed by atoms with Gasteiger partial charge in [-0.1, -0.05) is 18.9 Å². The summed E-state index contributed by atoms with van der Waals surface area (Å²) >= 11 is 0. The standard InChI is InChI=1S/C21H36N2O2/c1-2-3-10-21(24)23(17-20-9-6-15-25-20)16-18-11-13-22(14-12-18)19-7-4-5-8-19/h2,18-20H,1,3-17H2/t20-/m1/s1. The fraction of sp³-hybridized carbons (Fsp3) is 0.857. The smallest absolute Gasteiger partial charge is 0.222 e. The SMILES string of the molecule is C=CCCC(=O)N(CC1CCN(C2CCCC2)CC1)C[C@H]1CCCO1. The molecule has 3 aliphatic rings. The van der Waals surface area contributed by atoms with E-state index in [4.69, 9.17) is 4.74 Å². The van der Waals surface area contributed by atoms with Crippen LogP contribution in [0, 0.1) is 5.92 Å². The van der Waals surface area contributed by atoms with Gasteiger partial charge in [-0.3, -0.25) is 4.79 Å². The van der Waals surface area contributed by atoms with Crippen molar-refractivity contribution in [2.24, 2.45) is 5.92 Å². The number of carbonyl (C=O) groups is 1. The van der Waals surface area contributed by atoms with Crippen LogP contribution in [0.3, 0.4) is 0 Å². The van der Waals surface area contributed by atoms with Crippen molar-refractivity contribution >= 4 is 5.91 Å². The van der Waals surface area contributed by atoms with E-state index in [0.29, 0.717) is 12.3 Å². The first-order chi connectivity index (χ1) is 12.3. The molecule has 1 amide bonds. The summed E-state index contributed by atoms with van der Waals surface area (Å²) in [5.41, 5.74) is 0. The molecule has 3 rings (SSSR count). The Hall–Kier alpha value is -0.870. The average Bonchev–Trinajstić information content (AvgIpc) is 3.33. The molecule has 1 aliphatic carbocycles. The van der Waals surface area contributed by atoms with Crippen molar-refractivity contribution in [2.75, 3.05) is 32.8 Å². The second kappa shape index (κ2) is 9.72. The molecule has 25 heavy (non-hydrogen) atoms. The Morgan fingerprint density at radius 2 is 1.84 bits per heavy atom. The van der Waals surface area contributed by atoms with Crippen molar-refractivity contribution in [1.82, 2.24) is 9.80 Å². The predicted molar refractivity (Wildman–Crippen MR) is 102 cm³/mol. The number of carbonyl (C=O) groups excluding carboxylic acids is 1. The number of amides is 1. The van der Waals surface area contributed by atoms with Crippen LogP contribution in [0.1, 0.15) is 64.2 Å². The van der Waals surface area contributed by atoms with E-state index >= 15 is 0 Å².